The van der Waals surface area contributed by atoms with Crippen molar-refractivity contribution < 1.29 is 0 Å². The zero-order chi connectivity index (χ0) is 13.5. The number of aromatic nitrogens is 3. The highest BCUT2D eigenvalue weighted by Crippen LogP contribution is 2.19. The van der Waals surface area contributed by atoms with Crippen LogP contribution in [0.4, 0.5) is 11.6 Å². The molecule has 0 bridgehead atoms. The van der Waals surface area contributed by atoms with E-state index in [4.69, 9.17) is 0 Å². The summed E-state index contributed by atoms with van der Waals surface area (Å²) in [7, 11) is 1.88. The molecule has 0 radical (unpaired) electrons. The van der Waals surface area contributed by atoms with Crippen molar-refractivity contribution in [1.82, 2.24) is 15.0 Å². The first-order valence-electron chi connectivity index (χ1n) is 6.49. The normalized spacial score (nSPS) is 10.2. The van der Waals surface area contributed by atoms with Gasteiger partial charge in [-0.1, -0.05) is 13.0 Å². The zero-order valence-electron chi connectivity index (χ0n) is 11.3. The van der Waals surface area contributed by atoms with Gasteiger partial charge in [-0.3, -0.25) is 4.98 Å². The molecule has 0 aromatic carbocycles. The highest BCUT2D eigenvalue weighted by molar-refractivity contribution is 5.57. The van der Waals surface area contributed by atoms with Crippen LogP contribution in [-0.2, 0) is 12.8 Å². The standard InChI is InChI=1S/C14H19N5/c1-3-12-13(15-2)18-10-19-14(12)17-8-6-11-5-4-7-16-9-11/h4-5,7,9-10H,3,6,8H2,1-2H3,(H2,15,17,18,19). The van der Waals surface area contributed by atoms with Crippen LogP contribution < -0.4 is 10.6 Å². The van der Waals surface area contributed by atoms with Crippen LogP contribution in [0.5, 0.6) is 0 Å². The molecule has 0 aliphatic heterocycles. The molecule has 19 heavy (non-hydrogen) atoms. The third-order valence-corrected chi connectivity index (χ3v) is 2.96. The first-order chi connectivity index (χ1) is 9.35. The van der Waals surface area contributed by atoms with Crippen LogP contribution in [-0.4, -0.2) is 28.5 Å². The number of hydrogen-bond donors (Lipinski definition) is 2. The molecular formula is C14H19N5. The van der Waals surface area contributed by atoms with Crippen molar-refractivity contribution in [3.63, 3.8) is 0 Å². The lowest BCUT2D eigenvalue weighted by molar-refractivity contribution is 0.967. The molecule has 0 unspecified atom stereocenters. The van der Waals surface area contributed by atoms with Crippen molar-refractivity contribution in [2.24, 2.45) is 0 Å². The van der Waals surface area contributed by atoms with Crippen molar-refractivity contribution in [3.8, 4) is 0 Å². The summed E-state index contributed by atoms with van der Waals surface area (Å²) in [6.45, 7) is 2.94. The zero-order valence-corrected chi connectivity index (χ0v) is 11.3. The Labute approximate surface area is 113 Å². The molecule has 0 aliphatic carbocycles. The first-order valence-corrected chi connectivity index (χ1v) is 6.49. The number of anilines is 2. The van der Waals surface area contributed by atoms with Crippen molar-refractivity contribution in [3.05, 3.63) is 42.0 Å². The fourth-order valence-corrected chi connectivity index (χ4v) is 1.99. The Morgan fingerprint density at radius 2 is 2.05 bits per heavy atom. The highest BCUT2D eigenvalue weighted by Gasteiger charge is 2.07. The van der Waals surface area contributed by atoms with Gasteiger partial charge in [0.15, 0.2) is 0 Å². The van der Waals surface area contributed by atoms with E-state index in [1.165, 1.54) is 5.56 Å². The van der Waals surface area contributed by atoms with Crippen molar-refractivity contribution in [2.45, 2.75) is 19.8 Å². The summed E-state index contributed by atoms with van der Waals surface area (Å²) in [5.41, 5.74) is 2.34. The van der Waals surface area contributed by atoms with Crippen LogP contribution in [0.3, 0.4) is 0 Å². The molecule has 2 aromatic rings. The molecule has 0 fully saturated rings. The molecule has 5 nitrogen and oxygen atoms in total. The van der Waals surface area contributed by atoms with Gasteiger partial charge in [0.2, 0.25) is 0 Å². The Bertz CT molecular complexity index is 512. The van der Waals surface area contributed by atoms with E-state index >= 15 is 0 Å². The number of nitrogens with zero attached hydrogens (tertiary/aromatic N) is 3. The van der Waals surface area contributed by atoms with E-state index in [9.17, 15) is 0 Å². The van der Waals surface area contributed by atoms with Gasteiger partial charge in [-0.05, 0) is 24.5 Å². The largest absolute Gasteiger partial charge is 0.373 e. The minimum atomic E-state index is 0.832. The average Bonchev–Trinajstić information content (AvgIpc) is 2.48. The van der Waals surface area contributed by atoms with E-state index < -0.39 is 0 Å². The van der Waals surface area contributed by atoms with Gasteiger partial charge >= 0.3 is 0 Å². The molecular weight excluding hydrogens is 238 g/mol. The molecule has 0 saturated heterocycles. The van der Waals surface area contributed by atoms with Crippen LogP contribution in [0, 0.1) is 0 Å². The first kappa shape index (κ1) is 13.3. The van der Waals surface area contributed by atoms with Gasteiger partial charge in [-0.2, -0.15) is 0 Å². The van der Waals surface area contributed by atoms with Crippen LogP contribution in [0.25, 0.3) is 0 Å². The molecule has 0 amide bonds. The molecule has 2 heterocycles. The molecule has 2 N–H and O–H groups in total. The molecule has 0 atom stereocenters. The summed E-state index contributed by atoms with van der Waals surface area (Å²) < 4.78 is 0. The van der Waals surface area contributed by atoms with Gasteiger partial charge in [-0.15, -0.1) is 0 Å². The van der Waals surface area contributed by atoms with E-state index in [1.54, 1.807) is 12.5 Å². The van der Waals surface area contributed by atoms with Gasteiger partial charge in [-0.25, -0.2) is 9.97 Å². The van der Waals surface area contributed by atoms with E-state index in [0.717, 1.165) is 36.6 Å². The predicted molar refractivity (Wildman–Crippen MR) is 77.4 cm³/mol. The van der Waals surface area contributed by atoms with Crippen LogP contribution in [0.1, 0.15) is 18.1 Å². The highest BCUT2D eigenvalue weighted by atomic mass is 15.1. The molecule has 2 aromatic heterocycles. The minimum Gasteiger partial charge on any atom is -0.373 e. The van der Waals surface area contributed by atoms with Crippen LogP contribution in [0.15, 0.2) is 30.9 Å². The Hall–Kier alpha value is -2.17. The summed E-state index contributed by atoms with van der Waals surface area (Å²) in [5.74, 6) is 1.80. The Balaban J connectivity index is 2.00. The third-order valence-electron chi connectivity index (χ3n) is 2.96. The fourth-order valence-electron chi connectivity index (χ4n) is 1.99. The summed E-state index contributed by atoms with van der Waals surface area (Å²) in [5, 5.41) is 6.46. The van der Waals surface area contributed by atoms with Gasteiger partial charge < -0.3 is 10.6 Å². The smallest absolute Gasteiger partial charge is 0.134 e. The molecule has 5 heteroatoms. The fraction of sp³-hybridized carbons (Fsp3) is 0.357. The van der Waals surface area contributed by atoms with E-state index in [-0.39, 0.29) is 0 Å². The van der Waals surface area contributed by atoms with E-state index in [0.29, 0.717) is 0 Å². The third kappa shape index (κ3) is 3.40. The maximum Gasteiger partial charge on any atom is 0.134 e. The van der Waals surface area contributed by atoms with E-state index in [2.05, 4.69) is 38.6 Å². The molecule has 0 spiro atoms. The Kier molecular flexibility index (Phi) is 4.66. The van der Waals surface area contributed by atoms with Gasteiger partial charge in [0.25, 0.3) is 0 Å². The molecule has 0 saturated carbocycles. The quantitative estimate of drug-likeness (QED) is 0.830. The lowest BCUT2D eigenvalue weighted by Gasteiger charge is -2.12. The Morgan fingerprint density at radius 3 is 2.74 bits per heavy atom. The summed E-state index contributed by atoms with van der Waals surface area (Å²) in [6, 6.07) is 4.03. The van der Waals surface area contributed by atoms with Gasteiger partial charge in [0.1, 0.15) is 18.0 Å². The van der Waals surface area contributed by atoms with Gasteiger partial charge in [0, 0.05) is 31.5 Å². The van der Waals surface area contributed by atoms with E-state index in [1.807, 2.05) is 19.3 Å². The maximum absolute atomic E-state index is 4.31. The number of hydrogen-bond acceptors (Lipinski definition) is 5. The van der Waals surface area contributed by atoms with Crippen LogP contribution >= 0.6 is 0 Å². The average molecular weight is 257 g/mol. The summed E-state index contributed by atoms with van der Waals surface area (Å²) in [4.78, 5) is 12.6. The van der Waals surface area contributed by atoms with Crippen molar-refractivity contribution in [1.29, 1.82) is 0 Å². The Morgan fingerprint density at radius 1 is 1.21 bits per heavy atom. The summed E-state index contributed by atoms with van der Waals surface area (Å²) >= 11 is 0. The molecule has 0 aliphatic rings. The number of pyridine rings is 1. The monoisotopic (exact) mass is 257 g/mol. The van der Waals surface area contributed by atoms with Crippen molar-refractivity contribution in [2.75, 3.05) is 24.2 Å². The van der Waals surface area contributed by atoms with Crippen molar-refractivity contribution >= 4 is 11.6 Å². The summed E-state index contributed by atoms with van der Waals surface area (Å²) in [6.07, 6.45) is 7.08. The predicted octanol–water partition coefficient (Wildman–Crippen LogP) is 2.13. The van der Waals surface area contributed by atoms with Gasteiger partial charge in [0.05, 0.1) is 0 Å². The molecule has 100 valence electrons. The minimum absolute atomic E-state index is 0.832. The second-order valence-corrected chi connectivity index (χ2v) is 4.19. The second-order valence-electron chi connectivity index (χ2n) is 4.19. The maximum atomic E-state index is 4.31. The second kappa shape index (κ2) is 6.68. The van der Waals surface area contributed by atoms with Crippen LogP contribution in [0.2, 0.25) is 0 Å². The SMILES string of the molecule is CCc1c(NC)ncnc1NCCc1cccnc1. The lowest BCUT2D eigenvalue weighted by Crippen LogP contribution is -2.10. The lowest BCUT2D eigenvalue weighted by atomic mass is 10.2. The molecule has 2 rings (SSSR count). The number of nitrogens with one attached hydrogen (secondary N) is 2. The number of rotatable bonds is 6. The topological polar surface area (TPSA) is 62.7 Å².